The molecule has 1 heterocycles. The van der Waals surface area contributed by atoms with Crippen LogP contribution in [0.3, 0.4) is 0 Å². The maximum atomic E-state index is 12.5. The molecule has 1 amide bonds. The smallest absolute Gasteiger partial charge is 0.269 e. The van der Waals surface area contributed by atoms with Gasteiger partial charge in [0, 0.05) is 13.1 Å². The van der Waals surface area contributed by atoms with Crippen LogP contribution in [0.2, 0.25) is 0 Å². The quantitative estimate of drug-likeness (QED) is 0.676. The molecule has 0 saturated heterocycles. The van der Waals surface area contributed by atoms with Gasteiger partial charge < -0.3 is 10.6 Å². The van der Waals surface area contributed by atoms with Crippen LogP contribution in [-0.4, -0.2) is 31.0 Å². The number of nitrogens with one attached hydrogen (secondary N) is 2. The first-order valence-electron chi connectivity index (χ1n) is 4.28. The minimum atomic E-state index is -0.447. The highest BCUT2D eigenvalue weighted by molar-refractivity contribution is 5.92. The van der Waals surface area contributed by atoms with Crippen LogP contribution in [-0.2, 0) is 0 Å². The fraction of sp³-hybridized carbons (Fsp3) is 0.333. The van der Waals surface area contributed by atoms with Crippen LogP contribution in [0.15, 0.2) is 18.3 Å². The van der Waals surface area contributed by atoms with Crippen LogP contribution in [0.5, 0.6) is 0 Å². The number of pyridine rings is 1. The fourth-order valence-electron chi connectivity index (χ4n) is 0.902. The summed E-state index contributed by atoms with van der Waals surface area (Å²) >= 11 is 0. The second-order valence-corrected chi connectivity index (χ2v) is 2.72. The van der Waals surface area contributed by atoms with E-state index in [1.54, 1.807) is 7.05 Å². The Morgan fingerprint density at radius 1 is 1.50 bits per heavy atom. The van der Waals surface area contributed by atoms with Crippen molar-refractivity contribution in [2.24, 2.45) is 0 Å². The summed E-state index contributed by atoms with van der Waals surface area (Å²) in [6.45, 7) is 1.21. The van der Waals surface area contributed by atoms with E-state index in [0.29, 0.717) is 13.1 Å². The van der Waals surface area contributed by atoms with E-state index >= 15 is 0 Å². The summed E-state index contributed by atoms with van der Waals surface area (Å²) in [4.78, 5) is 15.0. The van der Waals surface area contributed by atoms with E-state index < -0.39 is 5.82 Å². The molecule has 14 heavy (non-hydrogen) atoms. The molecule has 0 unspecified atom stereocenters. The molecule has 5 heteroatoms. The Morgan fingerprint density at radius 2 is 2.29 bits per heavy atom. The van der Waals surface area contributed by atoms with Gasteiger partial charge in [0.05, 0.1) is 6.20 Å². The molecule has 1 aromatic rings. The highest BCUT2D eigenvalue weighted by Crippen LogP contribution is 1.97. The number of halogens is 1. The summed E-state index contributed by atoms with van der Waals surface area (Å²) in [6.07, 6.45) is 1.02. The lowest BCUT2D eigenvalue weighted by atomic mass is 10.3. The van der Waals surface area contributed by atoms with Crippen LogP contribution >= 0.6 is 0 Å². The lowest BCUT2D eigenvalue weighted by molar-refractivity contribution is 0.0949. The van der Waals surface area contributed by atoms with Gasteiger partial charge in [0.1, 0.15) is 11.5 Å². The zero-order chi connectivity index (χ0) is 10.4. The molecular weight excluding hydrogens is 185 g/mol. The van der Waals surface area contributed by atoms with Gasteiger partial charge in [0.15, 0.2) is 0 Å². The first-order valence-corrected chi connectivity index (χ1v) is 4.28. The summed E-state index contributed by atoms with van der Waals surface area (Å²) in [6, 6.07) is 2.56. The van der Waals surface area contributed by atoms with Gasteiger partial charge in [-0.2, -0.15) is 0 Å². The first kappa shape index (κ1) is 10.6. The topological polar surface area (TPSA) is 54.0 Å². The number of amides is 1. The third-order valence-electron chi connectivity index (χ3n) is 1.62. The summed E-state index contributed by atoms with van der Waals surface area (Å²) in [5, 5.41) is 5.52. The Hall–Kier alpha value is -1.49. The second kappa shape index (κ2) is 5.29. The lowest BCUT2D eigenvalue weighted by Crippen LogP contribution is -2.30. The first-order chi connectivity index (χ1) is 6.74. The fourth-order valence-corrected chi connectivity index (χ4v) is 0.902. The molecule has 76 valence electrons. The molecular formula is C9H12FN3O. The van der Waals surface area contributed by atoms with Crippen LogP contribution < -0.4 is 10.6 Å². The number of hydrogen-bond acceptors (Lipinski definition) is 3. The van der Waals surface area contributed by atoms with Gasteiger partial charge in [-0.05, 0) is 19.2 Å². The minimum Gasteiger partial charge on any atom is -0.349 e. The van der Waals surface area contributed by atoms with E-state index in [1.807, 2.05) is 0 Å². The van der Waals surface area contributed by atoms with Crippen LogP contribution in [0, 0.1) is 5.82 Å². The molecule has 0 aliphatic rings. The van der Waals surface area contributed by atoms with E-state index in [2.05, 4.69) is 15.6 Å². The number of rotatable bonds is 4. The van der Waals surface area contributed by atoms with Crippen LogP contribution in [0.1, 0.15) is 10.5 Å². The lowest BCUT2D eigenvalue weighted by Gasteiger charge is -2.03. The van der Waals surface area contributed by atoms with Crippen molar-refractivity contribution in [1.29, 1.82) is 0 Å². The van der Waals surface area contributed by atoms with Crippen molar-refractivity contribution < 1.29 is 9.18 Å². The SMILES string of the molecule is CNCCNC(=O)c1ccc(F)cn1. The minimum absolute atomic E-state index is 0.225. The van der Waals surface area contributed by atoms with Gasteiger partial charge in [0.25, 0.3) is 5.91 Å². The number of hydrogen-bond donors (Lipinski definition) is 2. The Morgan fingerprint density at radius 3 is 2.86 bits per heavy atom. The van der Waals surface area contributed by atoms with E-state index in [4.69, 9.17) is 0 Å². The number of carbonyl (C=O) groups excluding carboxylic acids is 1. The third kappa shape index (κ3) is 3.10. The van der Waals surface area contributed by atoms with Gasteiger partial charge in [-0.3, -0.25) is 4.79 Å². The molecule has 0 radical (unpaired) electrons. The van der Waals surface area contributed by atoms with Crippen molar-refractivity contribution in [2.75, 3.05) is 20.1 Å². The van der Waals surface area contributed by atoms with E-state index in [-0.39, 0.29) is 11.6 Å². The van der Waals surface area contributed by atoms with Crippen LogP contribution in [0.25, 0.3) is 0 Å². The molecule has 0 saturated carbocycles. The van der Waals surface area contributed by atoms with Crippen molar-refractivity contribution >= 4 is 5.91 Å². The average Bonchev–Trinajstić information content (AvgIpc) is 2.19. The van der Waals surface area contributed by atoms with Gasteiger partial charge in [-0.15, -0.1) is 0 Å². The Balaban J connectivity index is 2.48. The van der Waals surface area contributed by atoms with E-state index in [1.165, 1.54) is 12.1 Å². The van der Waals surface area contributed by atoms with Crippen LogP contribution in [0.4, 0.5) is 4.39 Å². The number of nitrogens with zero attached hydrogens (tertiary/aromatic N) is 1. The second-order valence-electron chi connectivity index (χ2n) is 2.72. The summed E-state index contributed by atoms with van der Waals surface area (Å²) in [7, 11) is 1.79. The molecule has 1 aromatic heterocycles. The molecule has 0 spiro atoms. The third-order valence-corrected chi connectivity index (χ3v) is 1.62. The molecule has 0 aliphatic heterocycles. The molecule has 2 N–H and O–H groups in total. The number of aromatic nitrogens is 1. The van der Waals surface area contributed by atoms with E-state index in [9.17, 15) is 9.18 Å². The number of carbonyl (C=O) groups is 1. The molecule has 0 bridgehead atoms. The van der Waals surface area contributed by atoms with Gasteiger partial charge in [-0.1, -0.05) is 0 Å². The molecule has 0 atom stereocenters. The normalized spacial score (nSPS) is 9.86. The maximum absolute atomic E-state index is 12.5. The highest BCUT2D eigenvalue weighted by Gasteiger charge is 2.05. The Bertz CT molecular complexity index is 299. The predicted molar refractivity (Wildman–Crippen MR) is 50.5 cm³/mol. The van der Waals surface area contributed by atoms with Crippen molar-refractivity contribution in [3.8, 4) is 0 Å². The predicted octanol–water partition coefficient (Wildman–Crippen LogP) is 0.170. The van der Waals surface area contributed by atoms with Crippen molar-refractivity contribution in [1.82, 2.24) is 15.6 Å². The maximum Gasteiger partial charge on any atom is 0.269 e. The monoisotopic (exact) mass is 197 g/mol. The highest BCUT2D eigenvalue weighted by atomic mass is 19.1. The number of likely N-dealkylation sites (N-methyl/N-ethyl adjacent to an activating group) is 1. The molecule has 4 nitrogen and oxygen atoms in total. The molecule has 0 aliphatic carbocycles. The zero-order valence-corrected chi connectivity index (χ0v) is 7.88. The molecule has 0 aromatic carbocycles. The van der Waals surface area contributed by atoms with Gasteiger partial charge in [-0.25, -0.2) is 9.37 Å². The van der Waals surface area contributed by atoms with Gasteiger partial charge >= 0.3 is 0 Å². The summed E-state index contributed by atoms with van der Waals surface area (Å²) in [5.74, 6) is -0.739. The van der Waals surface area contributed by atoms with E-state index in [0.717, 1.165) is 6.20 Å². The Labute approximate surface area is 81.5 Å². The Kier molecular flexibility index (Phi) is 4.00. The molecule has 1 rings (SSSR count). The average molecular weight is 197 g/mol. The van der Waals surface area contributed by atoms with Crippen molar-refractivity contribution in [3.63, 3.8) is 0 Å². The summed E-state index contributed by atoms with van der Waals surface area (Å²) in [5.41, 5.74) is 0.225. The standard InChI is InChI=1S/C9H12FN3O/c1-11-4-5-12-9(14)8-3-2-7(10)6-13-8/h2-3,6,11H,4-5H2,1H3,(H,12,14). The largest absolute Gasteiger partial charge is 0.349 e. The van der Waals surface area contributed by atoms with Crippen molar-refractivity contribution in [2.45, 2.75) is 0 Å². The molecule has 0 fully saturated rings. The summed E-state index contributed by atoms with van der Waals surface area (Å²) < 4.78 is 12.5. The zero-order valence-electron chi connectivity index (χ0n) is 7.88. The van der Waals surface area contributed by atoms with Gasteiger partial charge in [0.2, 0.25) is 0 Å². The van der Waals surface area contributed by atoms with Crippen molar-refractivity contribution in [3.05, 3.63) is 29.8 Å².